The maximum absolute atomic E-state index is 14.6. The minimum atomic E-state index is -3.31. The molecule has 4 aromatic heterocycles. The Kier molecular flexibility index (Phi) is 7.34. The molecule has 0 saturated heterocycles. The molecule has 0 fully saturated rings. The number of rotatable bonds is 9. The van der Waals surface area contributed by atoms with Gasteiger partial charge in [-0.3, -0.25) is 0 Å². The maximum atomic E-state index is 14.6. The zero-order valence-electron chi connectivity index (χ0n) is 22.1. The van der Waals surface area contributed by atoms with E-state index in [1.54, 1.807) is 18.3 Å². The van der Waals surface area contributed by atoms with Crippen LogP contribution in [0.1, 0.15) is 41.5 Å². The smallest absolute Gasteiger partial charge is 0.320 e. The number of fused-ring (bicyclic) bond motifs is 1. The molecule has 0 spiro atoms. The molecule has 4 aromatic rings. The second-order valence-corrected chi connectivity index (χ2v) is 10.5. The summed E-state index contributed by atoms with van der Waals surface area (Å²) in [4.78, 5) is 16.8. The Bertz CT molecular complexity index is 1380. The van der Waals surface area contributed by atoms with Gasteiger partial charge in [0.25, 0.3) is 0 Å². The minimum absolute atomic E-state index is 0.0919. The molecule has 10 nitrogen and oxygen atoms in total. The first kappa shape index (κ1) is 27.0. The van der Waals surface area contributed by atoms with Gasteiger partial charge in [-0.25, -0.2) is 19.5 Å². The number of ether oxygens (including phenoxy) is 4. The lowest BCUT2D eigenvalue weighted by Gasteiger charge is -2.24. The van der Waals surface area contributed by atoms with Crippen LogP contribution in [0.3, 0.4) is 0 Å². The number of hydrogen-bond acceptors (Lipinski definition) is 9. The molecule has 4 heterocycles. The molecule has 0 bridgehead atoms. The van der Waals surface area contributed by atoms with E-state index in [0.29, 0.717) is 11.3 Å². The van der Waals surface area contributed by atoms with Crippen molar-refractivity contribution in [3.63, 3.8) is 0 Å². The average molecular weight is 529 g/mol. The van der Waals surface area contributed by atoms with Gasteiger partial charge in [0.15, 0.2) is 24.6 Å². The van der Waals surface area contributed by atoms with Crippen LogP contribution in [0.5, 0.6) is 23.5 Å². The topological polar surface area (TPSA) is 106 Å². The average Bonchev–Trinajstić information content (AvgIpc) is 3.29. The van der Waals surface area contributed by atoms with Crippen LogP contribution >= 0.6 is 0 Å². The van der Waals surface area contributed by atoms with Gasteiger partial charge in [-0.15, -0.1) is 0 Å². The van der Waals surface area contributed by atoms with Crippen molar-refractivity contribution < 1.29 is 27.7 Å². The van der Waals surface area contributed by atoms with Crippen molar-refractivity contribution in [1.29, 1.82) is 0 Å². The number of alkyl halides is 2. The van der Waals surface area contributed by atoms with Crippen LogP contribution < -0.4 is 18.9 Å². The van der Waals surface area contributed by atoms with E-state index in [1.807, 2.05) is 41.5 Å². The van der Waals surface area contributed by atoms with Gasteiger partial charge in [-0.2, -0.15) is 18.9 Å². The summed E-state index contributed by atoms with van der Waals surface area (Å²) in [5.74, 6) is -2.90. The van der Waals surface area contributed by atoms with Crippen LogP contribution in [0.4, 0.5) is 8.78 Å². The second kappa shape index (κ2) is 10.3. The fourth-order valence-corrected chi connectivity index (χ4v) is 3.18. The van der Waals surface area contributed by atoms with Gasteiger partial charge in [-0.05, 0) is 47.6 Å². The van der Waals surface area contributed by atoms with E-state index in [1.165, 1.54) is 35.2 Å². The zero-order chi connectivity index (χ0) is 27.6. The summed E-state index contributed by atoms with van der Waals surface area (Å²) in [5.41, 5.74) is -0.105. The Morgan fingerprint density at radius 3 is 2.29 bits per heavy atom. The van der Waals surface area contributed by atoms with Crippen LogP contribution in [0.15, 0.2) is 49.1 Å². The molecule has 4 rings (SSSR count). The van der Waals surface area contributed by atoms with Crippen molar-refractivity contribution in [2.45, 2.75) is 58.7 Å². The predicted molar refractivity (Wildman–Crippen MR) is 135 cm³/mol. The maximum Gasteiger partial charge on any atom is 0.320 e. The quantitative estimate of drug-likeness (QED) is 0.296. The van der Waals surface area contributed by atoms with E-state index in [0.717, 1.165) is 0 Å². The monoisotopic (exact) mass is 528 g/mol. The molecule has 38 heavy (non-hydrogen) atoms. The first-order chi connectivity index (χ1) is 17.8. The highest BCUT2D eigenvalue weighted by Gasteiger charge is 2.32. The van der Waals surface area contributed by atoms with Crippen molar-refractivity contribution in [3.05, 3.63) is 49.1 Å². The van der Waals surface area contributed by atoms with Gasteiger partial charge >= 0.3 is 11.9 Å². The lowest BCUT2D eigenvalue weighted by Crippen LogP contribution is -2.33. The number of pyridine rings is 1. The highest BCUT2D eigenvalue weighted by atomic mass is 19.3. The molecule has 0 aliphatic heterocycles. The van der Waals surface area contributed by atoms with Crippen LogP contribution in [0, 0.1) is 0 Å². The lowest BCUT2D eigenvalue weighted by atomic mass is 10.1. The van der Waals surface area contributed by atoms with Crippen LogP contribution in [0.25, 0.3) is 16.9 Å². The van der Waals surface area contributed by atoms with E-state index in [-0.39, 0.29) is 29.2 Å². The molecule has 0 amide bonds. The van der Waals surface area contributed by atoms with Gasteiger partial charge < -0.3 is 18.9 Å². The largest absolute Gasteiger partial charge is 0.483 e. The summed E-state index contributed by atoms with van der Waals surface area (Å²) in [5, 5.41) is 4.53. The van der Waals surface area contributed by atoms with Crippen LogP contribution in [-0.4, -0.2) is 59.9 Å². The summed E-state index contributed by atoms with van der Waals surface area (Å²) in [6.07, 6.45) is 6.04. The van der Waals surface area contributed by atoms with Crippen molar-refractivity contribution in [2.24, 2.45) is 0 Å². The summed E-state index contributed by atoms with van der Waals surface area (Å²) in [6.45, 7) is 9.40. The van der Waals surface area contributed by atoms with E-state index in [4.69, 9.17) is 18.9 Å². The second-order valence-electron chi connectivity index (χ2n) is 10.5. The van der Waals surface area contributed by atoms with Crippen molar-refractivity contribution in [2.75, 3.05) is 13.2 Å². The van der Waals surface area contributed by atoms with Crippen molar-refractivity contribution >= 4 is 5.65 Å². The molecular weight excluding hydrogens is 498 g/mol. The predicted octanol–water partition coefficient (Wildman–Crippen LogP) is 5.03. The Hall–Kier alpha value is -4.09. The molecule has 0 aliphatic carbocycles. The van der Waals surface area contributed by atoms with Crippen LogP contribution in [0.2, 0.25) is 0 Å². The normalized spacial score (nSPS) is 12.4. The summed E-state index contributed by atoms with van der Waals surface area (Å²) >= 11 is 0. The van der Waals surface area contributed by atoms with Gasteiger partial charge in [-0.1, -0.05) is 6.07 Å². The lowest BCUT2D eigenvalue weighted by molar-refractivity contribution is -0.0735. The summed E-state index contributed by atoms with van der Waals surface area (Å²) in [6, 6.07) is 6.44. The molecule has 0 aliphatic rings. The van der Waals surface area contributed by atoms with Gasteiger partial charge in [0.1, 0.15) is 16.9 Å². The van der Waals surface area contributed by atoms with Crippen molar-refractivity contribution in [3.8, 4) is 34.8 Å². The minimum Gasteiger partial charge on any atom is -0.483 e. The highest BCUT2D eigenvalue weighted by molar-refractivity contribution is 5.68. The first-order valence-corrected chi connectivity index (χ1v) is 11.9. The van der Waals surface area contributed by atoms with Crippen LogP contribution in [-0.2, 0) is 0 Å². The fraction of sp³-hybridized carbons (Fsp3) is 0.423. The Labute approximate surface area is 219 Å². The number of nitrogens with zero attached hydrogens (tertiary/aromatic N) is 6. The van der Waals surface area contributed by atoms with Gasteiger partial charge in [0.05, 0.1) is 5.56 Å². The molecule has 0 aromatic carbocycles. The number of imidazole rings is 1. The number of halogens is 2. The molecule has 202 valence electrons. The molecule has 0 unspecified atom stereocenters. The van der Waals surface area contributed by atoms with E-state index >= 15 is 0 Å². The molecular formula is C26H30F2N6O4. The SMILES string of the molecule is CC(C)(C)Oc1ncc(-c2cc(OCC(F)(F)COc3ccccn3)c3nccn3n2)c(OC(C)(C)C)n1. The standard InChI is InChI=1S/C26H30F2N6O4/c1-24(2,3)37-22-17(14-31-23(32-22)38-25(4,5)6)18-13-19(21-30-11-12-34(21)33-18)35-15-26(27,28)16-36-20-9-7-8-10-29-20/h7-14H,15-16H2,1-6H3. The highest BCUT2D eigenvalue weighted by Crippen LogP contribution is 2.34. The third kappa shape index (κ3) is 7.24. The van der Waals surface area contributed by atoms with Crippen molar-refractivity contribution in [1.82, 2.24) is 29.5 Å². The van der Waals surface area contributed by atoms with E-state index < -0.39 is 30.3 Å². The molecule has 0 saturated carbocycles. The number of aromatic nitrogens is 6. The molecule has 12 heteroatoms. The third-order valence-electron chi connectivity index (χ3n) is 4.64. The fourth-order valence-electron chi connectivity index (χ4n) is 3.18. The molecule has 0 atom stereocenters. The Morgan fingerprint density at radius 1 is 0.868 bits per heavy atom. The summed E-state index contributed by atoms with van der Waals surface area (Å²) < 4.78 is 53.2. The third-order valence-corrected chi connectivity index (χ3v) is 4.64. The Balaban J connectivity index is 1.63. The summed E-state index contributed by atoms with van der Waals surface area (Å²) in [7, 11) is 0. The molecule has 0 radical (unpaired) electrons. The number of hydrogen-bond donors (Lipinski definition) is 0. The van der Waals surface area contributed by atoms with Gasteiger partial charge in [0, 0.05) is 36.9 Å². The van der Waals surface area contributed by atoms with E-state index in [9.17, 15) is 8.78 Å². The molecule has 0 N–H and O–H groups in total. The first-order valence-electron chi connectivity index (χ1n) is 11.9. The zero-order valence-corrected chi connectivity index (χ0v) is 22.1. The van der Waals surface area contributed by atoms with Gasteiger partial charge in [0.2, 0.25) is 11.8 Å². The Morgan fingerprint density at radius 2 is 1.61 bits per heavy atom. The van der Waals surface area contributed by atoms with E-state index in [2.05, 4.69) is 25.0 Å².